The Labute approximate surface area is 198 Å². The van der Waals surface area contributed by atoms with E-state index in [1.54, 1.807) is 11.8 Å². The predicted octanol–water partition coefficient (Wildman–Crippen LogP) is 3.99. The van der Waals surface area contributed by atoms with E-state index in [1.807, 2.05) is 18.2 Å². The monoisotopic (exact) mass is 457 g/mol. The number of amidine groups is 1. The maximum absolute atomic E-state index is 4.79. The Morgan fingerprint density at radius 2 is 1.64 bits per heavy atom. The van der Waals surface area contributed by atoms with Gasteiger partial charge in [0, 0.05) is 31.1 Å². The lowest BCUT2D eigenvalue weighted by Crippen LogP contribution is -2.45. The maximum Gasteiger partial charge on any atom is 0.234 e. The number of hydrogen-bond donors (Lipinski definition) is 1. The lowest BCUT2D eigenvalue weighted by molar-refractivity contribution is 0.311. The minimum Gasteiger partial charge on any atom is -0.338 e. The average molecular weight is 458 g/mol. The highest BCUT2D eigenvalue weighted by atomic mass is 32.2. The van der Waals surface area contributed by atoms with Gasteiger partial charge in [0.1, 0.15) is 5.84 Å². The van der Waals surface area contributed by atoms with E-state index < -0.39 is 0 Å². The number of aromatic nitrogens is 3. The van der Waals surface area contributed by atoms with Crippen molar-refractivity contribution >= 4 is 35.1 Å². The molecule has 3 heterocycles. The quantitative estimate of drug-likeness (QED) is 0.621. The lowest BCUT2D eigenvalue weighted by Gasteiger charge is -2.32. The summed E-state index contributed by atoms with van der Waals surface area (Å²) in [6.45, 7) is 6.51. The molecule has 1 saturated heterocycles. The first-order valence-corrected chi connectivity index (χ1v) is 12.0. The first-order chi connectivity index (χ1) is 16.1. The fraction of sp³-hybridized carbons (Fsp3) is 0.280. The highest BCUT2D eigenvalue weighted by molar-refractivity contribution is 7.99. The van der Waals surface area contributed by atoms with Crippen molar-refractivity contribution in [1.82, 2.24) is 19.9 Å². The molecule has 1 fully saturated rings. The third kappa shape index (κ3) is 5.40. The molecule has 8 heteroatoms. The summed E-state index contributed by atoms with van der Waals surface area (Å²) in [6, 6.07) is 18.7. The molecule has 0 bridgehead atoms. The number of aryl methyl sites for hydroxylation is 1. The van der Waals surface area contributed by atoms with Crippen LogP contribution < -0.4 is 10.2 Å². The summed E-state index contributed by atoms with van der Waals surface area (Å²) in [6.07, 6.45) is 2.07. The summed E-state index contributed by atoms with van der Waals surface area (Å²) >= 11 is 1.55. The van der Waals surface area contributed by atoms with Crippen LogP contribution in [0.1, 0.15) is 11.1 Å². The smallest absolute Gasteiger partial charge is 0.234 e. The number of hydrogen-bond acceptors (Lipinski definition) is 8. The summed E-state index contributed by atoms with van der Waals surface area (Å²) in [5.74, 6) is 2.01. The molecule has 2 aromatic carbocycles. The van der Waals surface area contributed by atoms with Crippen molar-refractivity contribution in [3.63, 3.8) is 0 Å². The van der Waals surface area contributed by atoms with Crippen LogP contribution in [-0.2, 0) is 0 Å². The zero-order chi connectivity index (χ0) is 22.6. The first kappa shape index (κ1) is 21.6. The molecule has 33 heavy (non-hydrogen) atoms. The lowest BCUT2D eigenvalue weighted by atomic mass is 10.1. The van der Waals surface area contributed by atoms with Crippen LogP contribution in [0.3, 0.4) is 0 Å². The Bertz CT molecular complexity index is 1170. The van der Waals surface area contributed by atoms with Crippen molar-refractivity contribution in [2.24, 2.45) is 4.99 Å². The molecule has 0 atom stereocenters. The van der Waals surface area contributed by atoms with Gasteiger partial charge in [0.2, 0.25) is 11.9 Å². The van der Waals surface area contributed by atoms with Gasteiger partial charge in [-0.05, 0) is 55.1 Å². The first-order valence-electron chi connectivity index (χ1n) is 11.1. The van der Waals surface area contributed by atoms with Gasteiger partial charge in [-0.1, -0.05) is 48.0 Å². The third-order valence-electron chi connectivity index (χ3n) is 5.73. The Kier molecular flexibility index (Phi) is 6.37. The molecule has 0 radical (unpaired) electrons. The van der Waals surface area contributed by atoms with Gasteiger partial charge < -0.3 is 15.1 Å². The summed E-state index contributed by atoms with van der Waals surface area (Å²) in [5, 5.41) is 4.00. The highest BCUT2D eigenvalue weighted by Crippen LogP contribution is 2.27. The zero-order valence-corrected chi connectivity index (χ0v) is 19.7. The van der Waals surface area contributed by atoms with Gasteiger partial charge in [-0.3, -0.25) is 4.99 Å². The summed E-state index contributed by atoms with van der Waals surface area (Å²) < 4.78 is 0. The van der Waals surface area contributed by atoms with E-state index in [-0.39, 0.29) is 0 Å². The van der Waals surface area contributed by atoms with Gasteiger partial charge in [-0.15, -0.1) is 0 Å². The van der Waals surface area contributed by atoms with E-state index in [9.17, 15) is 0 Å². The third-order valence-corrected chi connectivity index (χ3v) is 6.61. The standard InChI is InChI=1S/C25H27N7S/c1-18-8-10-21(11-9-18)33-25-29-23(28-24(30-25)32-14-12-31(2)13-15-32)27-22-16-20(17-26-22)19-6-4-3-5-7-19/h3-11,16H,12-15,17H2,1-2H3,(H,26,27,28,29,30). The molecule has 0 unspecified atom stereocenters. The van der Waals surface area contributed by atoms with Gasteiger partial charge in [-0.2, -0.15) is 15.0 Å². The molecule has 0 amide bonds. The molecule has 0 spiro atoms. The second-order valence-corrected chi connectivity index (χ2v) is 9.35. The number of benzene rings is 2. The fourth-order valence-electron chi connectivity index (χ4n) is 3.75. The zero-order valence-electron chi connectivity index (χ0n) is 18.9. The van der Waals surface area contributed by atoms with Gasteiger partial charge in [0.25, 0.3) is 0 Å². The van der Waals surface area contributed by atoms with Crippen LogP contribution in [0.4, 0.5) is 11.9 Å². The molecule has 168 valence electrons. The number of nitrogens with zero attached hydrogens (tertiary/aromatic N) is 6. The molecule has 2 aliphatic heterocycles. The summed E-state index contributed by atoms with van der Waals surface area (Å²) in [7, 11) is 2.14. The Balaban J connectivity index is 1.40. The number of likely N-dealkylation sites (N-methyl/N-ethyl adjacent to an activating group) is 1. The molecule has 2 aliphatic rings. The van der Waals surface area contributed by atoms with Crippen LogP contribution in [-0.4, -0.2) is 65.5 Å². The maximum atomic E-state index is 4.79. The van der Waals surface area contributed by atoms with E-state index >= 15 is 0 Å². The summed E-state index contributed by atoms with van der Waals surface area (Å²) in [5.41, 5.74) is 3.60. The number of anilines is 2. The van der Waals surface area contributed by atoms with E-state index in [1.165, 1.54) is 16.7 Å². The number of rotatable bonds is 5. The van der Waals surface area contributed by atoms with Crippen LogP contribution >= 0.6 is 11.8 Å². The average Bonchev–Trinajstić information content (AvgIpc) is 3.30. The van der Waals surface area contributed by atoms with Crippen molar-refractivity contribution < 1.29 is 0 Å². The minimum absolute atomic E-state index is 0.526. The number of piperazine rings is 1. The van der Waals surface area contributed by atoms with Crippen LogP contribution in [0.2, 0.25) is 0 Å². The molecule has 5 rings (SSSR count). The largest absolute Gasteiger partial charge is 0.338 e. The Hall–Kier alpha value is -3.23. The highest BCUT2D eigenvalue weighted by Gasteiger charge is 2.20. The molecule has 7 nitrogen and oxygen atoms in total. The van der Waals surface area contributed by atoms with Crippen molar-refractivity contribution in [1.29, 1.82) is 0 Å². The molecular weight excluding hydrogens is 430 g/mol. The van der Waals surface area contributed by atoms with Crippen molar-refractivity contribution in [2.75, 3.05) is 50.0 Å². The second kappa shape index (κ2) is 9.72. The van der Waals surface area contributed by atoms with Crippen molar-refractivity contribution in [2.45, 2.75) is 17.0 Å². The molecule has 1 N–H and O–H groups in total. The topological polar surface area (TPSA) is 69.5 Å². The van der Waals surface area contributed by atoms with Crippen molar-refractivity contribution in [3.8, 4) is 0 Å². The minimum atomic E-state index is 0.526. The van der Waals surface area contributed by atoms with Gasteiger partial charge >= 0.3 is 0 Å². The van der Waals surface area contributed by atoms with Crippen LogP contribution in [0.5, 0.6) is 0 Å². The number of nitrogens with one attached hydrogen (secondary N) is 1. The van der Waals surface area contributed by atoms with E-state index in [2.05, 4.69) is 76.6 Å². The molecule has 0 aliphatic carbocycles. The van der Waals surface area contributed by atoms with E-state index in [4.69, 9.17) is 15.0 Å². The van der Waals surface area contributed by atoms with E-state index in [0.29, 0.717) is 23.6 Å². The van der Waals surface area contributed by atoms with Crippen molar-refractivity contribution in [3.05, 3.63) is 71.8 Å². The normalized spacial score (nSPS) is 16.5. The van der Waals surface area contributed by atoms with Crippen LogP contribution in [0.15, 0.2) is 75.7 Å². The SMILES string of the molecule is Cc1ccc(Sc2nc(NC3=NCC(c4ccccc4)=C3)nc(N3CCN(C)CC3)n2)cc1. The molecule has 0 saturated carbocycles. The summed E-state index contributed by atoms with van der Waals surface area (Å²) in [4.78, 5) is 24.5. The second-order valence-electron chi connectivity index (χ2n) is 8.31. The van der Waals surface area contributed by atoms with Crippen LogP contribution in [0, 0.1) is 6.92 Å². The van der Waals surface area contributed by atoms with Gasteiger partial charge in [0.05, 0.1) is 6.54 Å². The van der Waals surface area contributed by atoms with Gasteiger partial charge in [0.15, 0.2) is 5.16 Å². The fourth-order valence-corrected chi connectivity index (χ4v) is 4.49. The van der Waals surface area contributed by atoms with Gasteiger partial charge in [-0.25, -0.2) is 0 Å². The predicted molar refractivity (Wildman–Crippen MR) is 135 cm³/mol. The molecular formula is C25H27N7S. The Morgan fingerprint density at radius 3 is 2.39 bits per heavy atom. The number of aliphatic imine (C=N–C) groups is 1. The van der Waals surface area contributed by atoms with E-state index in [0.717, 1.165) is 36.9 Å². The molecule has 1 aromatic heterocycles. The molecule has 3 aromatic rings. The Morgan fingerprint density at radius 1 is 0.879 bits per heavy atom. The van der Waals surface area contributed by atoms with Crippen LogP contribution in [0.25, 0.3) is 5.57 Å².